The molecule has 0 radical (unpaired) electrons. The van der Waals surface area contributed by atoms with Crippen LogP contribution in [0.4, 0.5) is 0 Å². The van der Waals surface area contributed by atoms with Crippen molar-refractivity contribution in [1.29, 1.82) is 0 Å². The SMILES string of the molecule is Cc1ccc(CSCCCC(=O)c2ccc(Cl)cc2Cl)c(Cl)c1. The Morgan fingerprint density at radius 1 is 1.04 bits per heavy atom. The van der Waals surface area contributed by atoms with E-state index in [1.54, 1.807) is 30.0 Å². The first kappa shape index (κ1) is 18.7. The molecular formula is C18H17Cl3OS. The minimum atomic E-state index is 0.0561. The number of carbonyl (C=O) groups is 1. The highest BCUT2D eigenvalue weighted by Crippen LogP contribution is 2.25. The number of thioether (sulfide) groups is 1. The maximum absolute atomic E-state index is 12.1. The van der Waals surface area contributed by atoms with E-state index >= 15 is 0 Å². The molecule has 1 nitrogen and oxygen atoms in total. The number of hydrogen-bond acceptors (Lipinski definition) is 2. The number of ketones is 1. The van der Waals surface area contributed by atoms with Crippen LogP contribution in [-0.4, -0.2) is 11.5 Å². The Morgan fingerprint density at radius 3 is 2.52 bits per heavy atom. The molecule has 5 heteroatoms. The third-order valence-electron chi connectivity index (χ3n) is 3.39. The zero-order valence-corrected chi connectivity index (χ0v) is 15.8. The molecule has 0 N–H and O–H groups in total. The van der Waals surface area contributed by atoms with Gasteiger partial charge in [-0.25, -0.2) is 0 Å². The minimum absolute atomic E-state index is 0.0561. The minimum Gasteiger partial charge on any atom is -0.294 e. The molecule has 0 aliphatic heterocycles. The first-order valence-corrected chi connectivity index (χ1v) is 9.57. The predicted octanol–water partition coefficient (Wildman–Crippen LogP) is 6.85. The van der Waals surface area contributed by atoms with Gasteiger partial charge < -0.3 is 0 Å². The maximum atomic E-state index is 12.1. The van der Waals surface area contributed by atoms with Gasteiger partial charge in [-0.05, 0) is 54.5 Å². The van der Waals surface area contributed by atoms with Crippen molar-refractivity contribution in [3.05, 3.63) is 68.2 Å². The van der Waals surface area contributed by atoms with Crippen LogP contribution < -0.4 is 0 Å². The standard InChI is InChI=1S/C18H17Cl3OS/c1-12-4-5-13(16(20)9-12)11-23-8-2-3-18(22)15-7-6-14(19)10-17(15)21/h4-7,9-10H,2-3,8,11H2,1H3. The lowest BCUT2D eigenvalue weighted by Gasteiger charge is -2.06. The van der Waals surface area contributed by atoms with Crippen molar-refractivity contribution < 1.29 is 4.79 Å². The molecular weight excluding hydrogens is 371 g/mol. The molecule has 23 heavy (non-hydrogen) atoms. The van der Waals surface area contributed by atoms with Crippen LogP contribution >= 0.6 is 46.6 Å². The van der Waals surface area contributed by atoms with E-state index in [0.717, 1.165) is 34.1 Å². The van der Waals surface area contributed by atoms with Crippen LogP contribution in [0.2, 0.25) is 15.1 Å². The van der Waals surface area contributed by atoms with Crippen molar-refractivity contribution >= 4 is 52.3 Å². The lowest BCUT2D eigenvalue weighted by atomic mass is 10.1. The van der Waals surface area contributed by atoms with Gasteiger partial charge in [-0.3, -0.25) is 4.79 Å². The largest absolute Gasteiger partial charge is 0.294 e. The van der Waals surface area contributed by atoms with Gasteiger partial charge in [0, 0.05) is 27.8 Å². The van der Waals surface area contributed by atoms with E-state index in [1.165, 1.54) is 0 Å². The van der Waals surface area contributed by atoms with Crippen LogP contribution in [0.25, 0.3) is 0 Å². The zero-order chi connectivity index (χ0) is 16.8. The van der Waals surface area contributed by atoms with Gasteiger partial charge in [0.05, 0.1) is 5.02 Å². The summed E-state index contributed by atoms with van der Waals surface area (Å²) < 4.78 is 0. The lowest BCUT2D eigenvalue weighted by Crippen LogP contribution is -2.00. The van der Waals surface area contributed by atoms with E-state index in [1.807, 2.05) is 13.0 Å². The van der Waals surface area contributed by atoms with Crippen molar-refractivity contribution in [2.45, 2.75) is 25.5 Å². The Morgan fingerprint density at radius 2 is 1.83 bits per heavy atom. The summed E-state index contributed by atoms with van der Waals surface area (Å²) >= 11 is 19.9. The number of carbonyl (C=O) groups excluding carboxylic acids is 1. The van der Waals surface area contributed by atoms with E-state index < -0.39 is 0 Å². The summed E-state index contributed by atoms with van der Waals surface area (Å²) in [7, 11) is 0. The van der Waals surface area contributed by atoms with Gasteiger partial charge >= 0.3 is 0 Å². The number of Topliss-reactive ketones (excluding diaryl/α,β-unsaturated/α-hetero) is 1. The van der Waals surface area contributed by atoms with Crippen molar-refractivity contribution in [3.63, 3.8) is 0 Å². The Bertz CT molecular complexity index is 701. The van der Waals surface area contributed by atoms with Crippen molar-refractivity contribution in [2.24, 2.45) is 0 Å². The second-order valence-electron chi connectivity index (χ2n) is 5.30. The number of benzene rings is 2. The quantitative estimate of drug-likeness (QED) is 0.381. The molecule has 0 aliphatic rings. The molecule has 0 fully saturated rings. The average Bonchev–Trinajstić information content (AvgIpc) is 2.48. The second kappa shape index (κ2) is 8.98. The summed E-state index contributed by atoms with van der Waals surface area (Å²) in [5.41, 5.74) is 2.84. The fourth-order valence-corrected chi connectivity index (χ4v) is 4.00. The van der Waals surface area contributed by atoms with Gasteiger partial charge in [-0.15, -0.1) is 0 Å². The van der Waals surface area contributed by atoms with Crippen LogP contribution in [0.1, 0.15) is 34.3 Å². The molecule has 122 valence electrons. The molecule has 2 rings (SSSR count). The zero-order valence-electron chi connectivity index (χ0n) is 12.7. The third kappa shape index (κ3) is 5.72. The second-order valence-corrected chi connectivity index (χ2v) is 7.65. The number of hydrogen-bond donors (Lipinski definition) is 0. The summed E-state index contributed by atoms with van der Waals surface area (Å²) in [6, 6.07) is 11.1. The van der Waals surface area contributed by atoms with E-state index in [4.69, 9.17) is 34.8 Å². The number of rotatable bonds is 7. The van der Waals surface area contributed by atoms with Crippen molar-refractivity contribution in [2.75, 3.05) is 5.75 Å². The molecule has 0 spiro atoms. The fourth-order valence-electron chi connectivity index (χ4n) is 2.14. The number of aryl methyl sites for hydroxylation is 1. The van der Waals surface area contributed by atoms with Crippen LogP contribution in [0.5, 0.6) is 0 Å². The molecule has 0 bridgehead atoms. The molecule has 0 aliphatic carbocycles. The smallest absolute Gasteiger partial charge is 0.164 e. The topological polar surface area (TPSA) is 17.1 Å². The van der Waals surface area contributed by atoms with E-state index in [-0.39, 0.29) is 5.78 Å². The molecule has 0 saturated carbocycles. The van der Waals surface area contributed by atoms with Crippen molar-refractivity contribution in [3.8, 4) is 0 Å². The Labute approximate surface area is 156 Å². The van der Waals surface area contributed by atoms with E-state index in [0.29, 0.717) is 22.0 Å². The highest BCUT2D eigenvalue weighted by Gasteiger charge is 2.10. The van der Waals surface area contributed by atoms with E-state index in [2.05, 4.69) is 12.1 Å². The maximum Gasteiger partial charge on any atom is 0.164 e. The molecule has 2 aromatic carbocycles. The van der Waals surface area contributed by atoms with Gasteiger partial charge in [0.25, 0.3) is 0 Å². The fraction of sp³-hybridized carbons (Fsp3) is 0.278. The predicted molar refractivity (Wildman–Crippen MR) is 102 cm³/mol. The van der Waals surface area contributed by atoms with Gasteiger partial charge in [0.1, 0.15) is 0 Å². The summed E-state index contributed by atoms with van der Waals surface area (Å²) in [6.45, 7) is 2.02. The van der Waals surface area contributed by atoms with Crippen LogP contribution in [0.3, 0.4) is 0 Å². The van der Waals surface area contributed by atoms with Gasteiger partial charge in [0.2, 0.25) is 0 Å². The first-order chi connectivity index (χ1) is 11.0. The summed E-state index contributed by atoms with van der Waals surface area (Å²) in [5.74, 6) is 1.82. The van der Waals surface area contributed by atoms with Gasteiger partial charge in [-0.1, -0.05) is 46.9 Å². The number of halogens is 3. The molecule has 0 aromatic heterocycles. The average molecular weight is 388 g/mol. The highest BCUT2D eigenvalue weighted by molar-refractivity contribution is 7.98. The van der Waals surface area contributed by atoms with E-state index in [9.17, 15) is 4.79 Å². The normalized spacial score (nSPS) is 10.8. The van der Waals surface area contributed by atoms with Gasteiger partial charge in [-0.2, -0.15) is 11.8 Å². The summed E-state index contributed by atoms with van der Waals surface area (Å²) in [6.07, 6.45) is 1.29. The lowest BCUT2D eigenvalue weighted by molar-refractivity contribution is 0.0982. The van der Waals surface area contributed by atoms with Crippen LogP contribution in [0.15, 0.2) is 36.4 Å². The third-order valence-corrected chi connectivity index (χ3v) is 5.38. The Balaban J connectivity index is 1.76. The molecule has 0 atom stereocenters. The monoisotopic (exact) mass is 386 g/mol. The Hall–Kier alpha value is -0.670. The summed E-state index contributed by atoms with van der Waals surface area (Å²) in [4.78, 5) is 12.1. The Kier molecular flexibility index (Phi) is 7.29. The summed E-state index contributed by atoms with van der Waals surface area (Å²) in [5, 5.41) is 1.76. The molecule has 2 aromatic rings. The highest BCUT2D eigenvalue weighted by atomic mass is 35.5. The molecule has 0 amide bonds. The first-order valence-electron chi connectivity index (χ1n) is 7.28. The van der Waals surface area contributed by atoms with Gasteiger partial charge in [0.15, 0.2) is 5.78 Å². The molecule has 0 heterocycles. The molecule has 0 unspecified atom stereocenters. The van der Waals surface area contributed by atoms with Crippen LogP contribution in [-0.2, 0) is 5.75 Å². The van der Waals surface area contributed by atoms with Crippen LogP contribution in [0, 0.1) is 6.92 Å². The molecule has 0 saturated heterocycles. The van der Waals surface area contributed by atoms with Crippen molar-refractivity contribution in [1.82, 2.24) is 0 Å².